The molecular weight excluding hydrogens is 255 g/mol. The van der Waals surface area contributed by atoms with Crippen molar-refractivity contribution >= 4 is 17.7 Å². The molecular formula is C10H18F3NO2S. The molecule has 0 rings (SSSR count). The predicted octanol–water partition coefficient (Wildman–Crippen LogP) is 1.90. The van der Waals surface area contributed by atoms with Crippen molar-refractivity contribution in [2.75, 3.05) is 18.1 Å². The van der Waals surface area contributed by atoms with E-state index in [1.54, 1.807) is 13.8 Å². The SMILES string of the molecule is CC(O)CN(C(=O)CSCC(F)(F)F)C(C)C. The maximum atomic E-state index is 11.9. The third-order valence-electron chi connectivity index (χ3n) is 1.90. The van der Waals surface area contributed by atoms with Crippen LogP contribution in [0.5, 0.6) is 0 Å². The number of halogens is 3. The second-order valence-electron chi connectivity index (χ2n) is 4.10. The van der Waals surface area contributed by atoms with Crippen molar-refractivity contribution in [1.82, 2.24) is 4.90 Å². The molecule has 7 heteroatoms. The van der Waals surface area contributed by atoms with Crippen molar-refractivity contribution in [1.29, 1.82) is 0 Å². The molecule has 0 spiro atoms. The molecule has 0 aliphatic heterocycles. The van der Waals surface area contributed by atoms with Gasteiger partial charge in [0.25, 0.3) is 0 Å². The Bertz CT molecular complexity index is 244. The molecule has 1 atom stereocenters. The van der Waals surface area contributed by atoms with Crippen LogP contribution in [-0.2, 0) is 4.79 Å². The van der Waals surface area contributed by atoms with Gasteiger partial charge in [-0.1, -0.05) is 0 Å². The number of nitrogens with zero attached hydrogens (tertiary/aromatic N) is 1. The molecule has 1 N–H and O–H groups in total. The average molecular weight is 273 g/mol. The van der Waals surface area contributed by atoms with Gasteiger partial charge in [0.1, 0.15) is 0 Å². The Morgan fingerprint density at radius 2 is 1.88 bits per heavy atom. The van der Waals surface area contributed by atoms with Crippen LogP contribution in [-0.4, -0.2) is 52.3 Å². The maximum absolute atomic E-state index is 11.9. The quantitative estimate of drug-likeness (QED) is 0.803. The number of amides is 1. The zero-order chi connectivity index (χ0) is 13.6. The fraction of sp³-hybridized carbons (Fsp3) is 0.900. The Balaban J connectivity index is 4.16. The van der Waals surface area contributed by atoms with Gasteiger partial charge in [-0.25, -0.2) is 0 Å². The zero-order valence-electron chi connectivity index (χ0n) is 10.1. The topological polar surface area (TPSA) is 40.5 Å². The Kier molecular flexibility index (Phi) is 6.92. The molecule has 0 fully saturated rings. The van der Waals surface area contributed by atoms with E-state index in [9.17, 15) is 23.1 Å². The van der Waals surface area contributed by atoms with Crippen LogP contribution in [0.15, 0.2) is 0 Å². The van der Waals surface area contributed by atoms with E-state index in [0.29, 0.717) is 11.8 Å². The normalized spacial score (nSPS) is 13.9. The largest absolute Gasteiger partial charge is 0.397 e. The number of carbonyl (C=O) groups excluding carboxylic acids is 1. The van der Waals surface area contributed by atoms with E-state index >= 15 is 0 Å². The first kappa shape index (κ1) is 16.6. The number of alkyl halides is 3. The Morgan fingerprint density at radius 1 is 1.35 bits per heavy atom. The highest BCUT2D eigenvalue weighted by molar-refractivity contribution is 8.00. The van der Waals surface area contributed by atoms with Gasteiger partial charge >= 0.3 is 6.18 Å². The van der Waals surface area contributed by atoms with Crippen LogP contribution in [0.3, 0.4) is 0 Å². The molecule has 1 unspecified atom stereocenters. The molecule has 102 valence electrons. The number of hydrogen-bond acceptors (Lipinski definition) is 3. The van der Waals surface area contributed by atoms with Crippen LogP contribution in [0.25, 0.3) is 0 Å². The minimum atomic E-state index is -4.25. The highest BCUT2D eigenvalue weighted by atomic mass is 32.2. The van der Waals surface area contributed by atoms with E-state index in [1.165, 1.54) is 11.8 Å². The standard InChI is InChI=1S/C10H18F3NO2S/c1-7(2)14(4-8(3)15)9(16)5-17-6-10(11,12)13/h7-8,15H,4-6H2,1-3H3. The lowest BCUT2D eigenvalue weighted by atomic mass is 10.2. The third-order valence-corrected chi connectivity index (χ3v) is 2.88. The number of aliphatic hydroxyl groups is 1. The first-order chi connectivity index (χ1) is 7.63. The number of thioether (sulfide) groups is 1. The van der Waals surface area contributed by atoms with Gasteiger partial charge in [0.15, 0.2) is 0 Å². The maximum Gasteiger partial charge on any atom is 0.397 e. The van der Waals surface area contributed by atoms with Crippen molar-refractivity contribution in [3.63, 3.8) is 0 Å². The number of hydrogen-bond donors (Lipinski definition) is 1. The van der Waals surface area contributed by atoms with Crippen LogP contribution in [0, 0.1) is 0 Å². The van der Waals surface area contributed by atoms with Crippen molar-refractivity contribution in [2.45, 2.75) is 39.1 Å². The fourth-order valence-electron chi connectivity index (χ4n) is 1.22. The molecule has 17 heavy (non-hydrogen) atoms. The van der Waals surface area contributed by atoms with Gasteiger partial charge in [-0.05, 0) is 20.8 Å². The molecule has 0 heterocycles. The van der Waals surface area contributed by atoms with Crippen LogP contribution in [0.1, 0.15) is 20.8 Å². The molecule has 0 aromatic heterocycles. The lowest BCUT2D eigenvalue weighted by molar-refractivity contribution is -0.131. The summed E-state index contributed by atoms with van der Waals surface area (Å²) in [6, 6.07) is -0.136. The Morgan fingerprint density at radius 3 is 2.24 bits per heavy atom. The van der Waals surface area contributed by atoms with E-state index in [-0.39, 0.29) is 24.2 Å². The van der Waals surface area contributed by atoms with E-state index in [2.05, 4.69) is 0 Å². The number of rotatable bonds is 6. The second kappa shape index (κ2) is 7.10. The van der Waals surface area contributed by atoms with Crippen LogP contribution in [0.4, 0.5) is 13.2 Å². The summed E-state index contributed by atoms with van der Waals surface area (Å²) in [6.07, 6.45) is -4.94. The van der Waals surface area contributed by atoms with Gasteiger partial charge in [-0.3, -0.25) is 4.79 Å². The Hall–Kier alpha value is -0.430. The lowest BCUT2D eigenvalue weighted by Gasteiger charge is -2.28. The minimum Gasteiger partial charge on any atom is -0.392 e. The summed E-state index contributed by atoms with van der Waals surface area (Å²) >= 11 is 0.543. The monoisotopic (exact) mass is 273 g/mol. The summed E-state index contributed by atoms with van der Waals surface area (Å²) in [5, 5.41) is 9.19. The van der Waals surface area contributed by atoms with Gasteiger partial charge in [-0.15, -0.1) is 11.8 Å². The number of carbonyl (C=O) groups is 1. The molecule has 0 aliphatic rings. The molecule has 1 amide bonds. The van der Waals surface area contributed by atoms with Crippen molar-refractivity contribution in [3.05, 3.63) is 0 Å². The molecule has 0 aromatic carbocycles. The Labute approximate surface area is 103 Å². The van der Waals surface area contributed by atoms with Crippen molar-refractivity contribution in [2.24, 2.45) is 0 Å². The zero-order valence-corrected chi connectivity index (χ0v) is 10.9. The first-order valence-electron chi connectivity index (χ1n) is 5.25. The molecule has 0 bridgehead atoms. The molecule has 0 radical (unpaired) electrons. The van der Waals surface area contributed by atoms with E-state index < -0.39 is 18.0 Å². The summed E-state index contributed by atoms with van der Waals surface area (Å²) in [5.74, 6) is -1.63. The summed E-state index contributed by atoms with van der Waals surface area (Å²) < 4.78 is 35.7. The third kappa shape index (κ3) is 8.31. The summed E-state index contributed by atoms with van der Waals surface area (Å²) in [6.45, 7) is 5.19. The molecule has 0 aliphatic carbocycles. The highest BCUT2D eigenvalue weighted by Gasteiger charge is 2.28. The summed E-state index contributed by atoms with van der Waals surface area (Å²) in [7, 11) is 0. The smallest absolute Gasteiger partial charge is 0.392 e. The number of aliphatic hydroxyl groups excluding tert-OH is 1. The molecule has 0 saturated heterocycles. The highest BCUT2D eigenvalue weighted by Crippen LogP contribution is 2.21. The van der Waals surface area contributed by atoms with Gasteiger partial charge in [0.05, 0.1) is 17.6 Å². The van der Waals surface area contributed by atoms with Crippen molar-refractivity contribution < 1.29 is 23.1 Å². The van der Waals surface area contributed by atoms with Gasteiger partial charge in [0, 0.05) is 12.6 Å². The van der Waals surface area contributed by atoms with Crippen LogP contribution >= 0.6 is 11.8 Å². The van der Waals surface area contributed by atoms with Gasteiger partial charge < -0.3 is 10.0 Å². The first-order valence-corrected chi connectivity index (χ1v) is 6.41. The van der Waals surface area contributed by atoms with E-state index in [0.717, 1.165) is 0 Å². The van der Waals surface area contributed by atoms with Gasteiger partial charge in [0.2, 0.25) is 5.91 Å². The average Bonchev–Trinajstić information content (AvgIpc) is 2.11. The predicted molar refractivity (Wildman–Crippen MR) is 61.9 cm³/mol. The molecule has 3 nitrogen and oxygen atoms in total. The molecule has 0 aromatic rings. The van der Waals surface area contributed by atoms with Crippen molar-refractivity contribution in [3.8, 4) is 0 Å². The molecule has 0 saturated carbocycles. The van der Waals surface area contributed by atoms with Crippen LogP contribution < -0.4 is 0 Å². The summed E-state index contributed by atoms with van der Waals surface area (Å²) in [4.78, 5) is 13.0. The fourth-order valence-corrected chi connectivity index (χ4v) is 1.90. The summed E-state index contributed by atoms with van der Waals surface area (Å²) in [5.41, 5.74) is 0. The second-order valence-corrected chi connectivity index (χ2v) is 5.08. The van der Waals surface area contributed by atoms with E-state index in [1.807, 2.05) is 0 Å². The van der Waals surface area contributed by atoms with Crippen LogP contribution in [0.2, 0.25) is 0 Å². The minimum absolute atomic E-state index is 0.136. The van der Waals surface area contributed by atoms with Gasteiger partial charge in [-0.2, -0.15) is 13.2 Å². The van der Waals surface area contributed by atoms with E-state index in [4.69, 9.17) is 0 Å². The lowest BCUT2D eigenvalue weighted by Crippen LogP contribution is -2.42.